The molecule has 1 amide bonds. The number of amides is 1. The van der Waals surface area contributed by atoms with Crippen LogP contribution in [0.3, 0.4) is 0 Å². The van der Waals surface area contributed by atoms with Crippen molar-refractivity contribution in [3.05, 3.63) is 64.7 Å². The second-order valence-corrected chi connectivity index (χ2v) is 4.90. The van der Waals surface area contributed by atoms with Gasteiger partial charge in [-0.05, 0) is 25.2 Å². The Balaban J connectivity index is 2.35. The van der Waals surface area contributed by atoms with Gasteiger partial charge in [-0.25, -0.2) is 0 Å². The summed E-state index contributed by atoms with van der Waals surface area (Å²) in [6.45, 7) is 0.168. The van der Waals surface area contributed by atoms with Gasteiger partial charge in [0, 0.05) is 16.1 Å². The zero-order valence-electron chi connectivity index (χ0n) is 11.5. The topological polar surface area (TPSA) is 58.2 Å². The summed E-state index contributed by atoms with van der Waals surface area (Å²) in [5.41, 5.74) is 1.37. The monoisotopic (exact) mass is 302 g/mol. The summed E-state index contributed by atoms with van der Waals surface area (Å²) in [6.07, 6.45) is 0. The predicted octanol–water partition coefficient (Wildman–Crippen LogP) is 2.73. The number of nitrogens with one attached hydrogen (secondary N) is 2. The molecule has 4 nitrogen and oxygen atoms in total. The quantitative estimate of drug-likeness (QED) is 0.835. The second-order valence-electron chi connectivity index (χ2n) is 4.46. The largest absolute Gasteiger partial charge is 0.324 e. The van der Waals surface area contributed by atoms with Gasteiger partial charge in [-0.3, -0.25) is 9.59 Å². The molecule has 0 aliphatic heterocycles. The van der Waals surface area contributed by atoms with Crippen molar-refractivity contribution >= 4 is 29.0 Å². The molecule has 0 aliphatic rings. The maximum Gasteiger partial charge on any atom is 0.238 e. The maximum absolute atomic E-state index is 12.5. The van der Waals surface area contributed by atoms with Gasteiger partial charge in [0.2, 0.25) is 5.91 Å². The van der Waals surface area contributed by atoms with Crippen LogP contribution < -0.4 is 10.6 Å². The molecule has 0 radical (unpaired) electrons. The van der Waals surface area contributed by atoms with Crippen molar-refractivity contribution < 1.29 is 9.59 Å². The van der Waals surface area contributed by atoms with E-state index in [2.05, 4.69) is 10.6 Å². The lowest BCUT2D eigenvalue weighted by Gasteiger charge is -2.11. The number of benzene rings is 2. The highest BCUT2D eigenvalue weighted by Crippen LogP contribution is 2.23. The van der Waals surface area contributed by atoms with E-state index in [-0.39, 0.29) is 18.2 Å². The maximum atomic E-state index is 12.5. The SMILES string of the molecule is CNCC(=O)Nc1ccc(Cl)cc1C(=O)c1ccccc1. The van der Waals surface area contributed by atoms with Gasteiger partial charge >= 0.3 is 0 Å². The molecular formula is C16H15ClN2O2. The van der Waals surface area contributed by atoms with Gasteiger partial charge in [0.05, 0.1) is 12.2 Å². The van der Waals surface area contributed by atoms with Crippen LogP contribution in [-0.4, -0.2) is 25.3 Å². The van der Waals surface area contributed by atoms with Crippen molar-refractivity contribution in [2.24, 2.45) is 0 Å². The first-order chi connectivity index (χ1) is 10.1. The molecule has 0 aliphatic carbocycles. The normalized spacial score (nSPS) is 10.2. The Morgan fingerprint density at radius 2 is 1.81 bits per heavy atom. The second kappa shape index (κ2) is 7.02. The summed E-state index contributed by atoms with van der Waals surface area (Å²) < 4.78 is 0. The first-order valence-electron chi connectivity index (χ1n) is 6.45. The summed E-state index contributed by atoms with van der Waals surface area (Å²) >= 11 is 5.97. The van der Waals surface area contributed by atoms with E-state index < -0.39 is 0 Å². The number of halogens is 1. The average Bonchev–Trinajstić information content (AvgIpc) is 2.49. The van der Waals surface area contributed by atoms with Gasteiger partial charge in [0.15, 0.2) is 5.78 Å². The third-order valence-corrected chi connectivity index (χ3v) is 3.11. The Kier molecular flexibility index (Phi) is 5.09. The van der Waals surface area contributed by atoms with Crippen LogP contribution in [0.15, 0.2) is 48.5 Å². The van der Waals surface area contributed by atoms with E-state index in [0.717, 1.165) is 0 Å². The van der Waals surface area contributed by atoms with Crippen molar-refractivity contribution in [1.82, 2.24) is 5.32 Å². The van der Waals surface area contributed by atoms with Crippen molar-refractivity contribution in [1.29, 1.82) is 0 Å². The molecule has 0 fully saturated rings. The van der Waals surface area contributed by atoms with Crippen LogP contribution in [0.5, 0.6) is 0 Å². The molecule has 108 valence electrons. The van der Waals surface area contributed by atoms with Crippen molar-refractivity contribution in [3.63, 3.8) is 0 Å². The first kappa shape index (κ1) is 15.2. The Bertz CT molecular complexity index is 657. The van der Waals surface area contributed by atoms with Crippen LogP contribution >= 0.6 is 11.6 Å². The average molecular weight is 303 g/mol. The summed E-state index contributed by atoms with van der Waals surface area (Å²) in [5, 5.41) is 5.91. The van der Waals surface area contributed by atoms with E-state index in [1.54, 1.807) is 49.5 Å². The fourth-order valence-corrected chi connectivity index (χ4v) is 2.09. The van der Waals surface area contributed by atoms with Crippen LogP contribution in [0.1, 0.15) is 15.9 Å². The number of anilines is 1. The molecule has 2 N–H and O–H groups in total. The first-order valence-corrected chi connectivity index (χ1v) is 6.83. The minimum absolute atomic E-state index is 0.168. The van der Waals surface area contributed by atoms with Crippen LogP contribution in [0, 0.1) is 0 Å². The molecular weight excluding hydrogens is 288 g/mol. The van der Waals surface area contributed by atoms with E-state index in [4.69, 9.17) is 11.6 Å². The minimum Gasteiger partial charge on any atom is -0.324 e. The number of carbonyl (C=O) groups excluding carboxylic acids is 2. The molecule has 2 aromatic rings. The molecule has 21 heavy (non-hydrogen) atoms. The highest BCUT2D eigenvalue weighted by Gasteiger charge is 2.15. The lowest BCUT2D eigenvalue weighted by Crippen LogP contribution is -2.26. The molecule has 0 heterocycles. The van der Waals surface area contributed by atoms with Crippen LogP contribution in [-0.2, 0) is 4.79 Å². The molecule has 0 aromatic heterocycles. The Labute approximate surface area is 128 Å². The number of hydrogen-bond acceptors (Lipinski definition) is 3. The third kappa shape index (κ3) is 3.90. The van der Waals surface area contributed by atoms with Crippen molar-refractivity contribution in [2.45, 2.75) is 0 Å². The van der Waals surface area contributed by atoms with Crippen molar-refractivity contribution in [2.75, 3.05) is 18.9 Å². The van der Waals surface area contributed by atoms with Gasteiger partial charge in [-0.15, -0.1) is 0 Å². The zero-order chi connectivity index (χ0) is 15.2. The van der Waals surface area contributed by atoms with E-state index in [0.29, 0.717) is 21.8 Å². The Hall–Kier alpha value is -2.17. The molecule has 2 aromatic carbocycles. The zero-order valence-corrected chi connectivity index (χ0v) is 12.3. The van der Waals surface area contributed by atoms with E-state index >= 15 is 0 Å². The Morgan fingerprint density at radius 3 is 2.48 bits per heavy atom. The summed E-state index contributed by atoms with van der Waals surface area (Å²) in [6, 6.07) is 13.7. The standard InChI is InChI=1S/C16H15ClN2O2/c1-18-10-15(20)19-14-8-7-12(17)9-13(14)16(21)11-5-3-2-4-6-11/h2-9,18H,10H2,1H3,(H,19,20). The third-order valence-electron chi connectivity index (χ3n) is 2.87. The van der Waals surface area contributed by atoms with Crippen LogP contribution in [0.4, 0.5) is 5.69 Å². The number of ketones is 1. The summed E-state index contributed by atoms with van der Waals surface area (Å²) in [5.74, 6) is -0.403. The van der Waals surface area contributed by atoms with Gasteiger partial charge in [-0.1, -0.05) is 41.9 Å². The van der Waals surface area contributed by atoms with Gasteiger partial charge in [0.1, 0.15) is 0 Å². The highest BCUT2D eigenvalue weighted by molar-refractivity contribution is 6.31. The van der Waals surface area contributed by atoms with E-state index in [1.807, 2.05) is 6.07 Å². The molecule has 2 rings (SSSR count). The van der Waals surface area contributed by atoms with Gasteiger partial charge in [0.25, 0.3) is 0 Å². The van der Waals surface area contributed by atoms with Crippen molar-refractivity contribution in [3.8, 4) is 0 Å². The summed E-state index contributed by atoms with van der Waals surface area (Å²) in [7, 11) is 1.68. The fourth-order valence-electron chi connectivity index (χ4n) is 1.91. The molecule has 0 spiro atoms. The van der Waals surface area contributed by atoms with Gasteiger partial charge in [-0.2, -0.15) is 0 Å². The molecule has 0 saturated carbocycles. The molecule has 0 atom stereocenters. The van der Waals surface area contributed by atoms with E-state index in [9.17, 15) is 9.59 Å². The van der Waals surface area contributed by atoms with Crippen LogP contribution in [0.2, 0.25) is 5.02 Å². The Morgan fingerprint density at radius 1 is 1.10 bits per heavy atom. The molecule has 5 heteroatoms. The lowest BCUT2D eigenvalue weighted by molar-refractivity contribution is -0.115. The number of rotatable bonds is 5. The van der Waals surface area contributed by atoms with Gasteiger partial charge < -0.3 is 10.6 Å². The highest BCUT2D eigenvalue weighted by atomic mass is 35.5. The van der Waals surface area contributed by atoms with Crippen LogP contribution in [0.25, 0.3) is 0 Å². The minimum atomic E-state index is -0.220. The molecule has 0 unspecified atom stereocenters. The fraction of sp³-hybridized carbons (Fsp3) is 0.125. The smallest absolute Gasteiger partial charge is 0.238 e. The molecule has 0 saturated heterocycles. The molecule has 0 bridgehead atoms. The number of likely N-dealkylation sites (N-methyl/N-ethyl adjacent to an activating group) is 1. The van der Waals surface area contributed by atoms with E-state index in [1.165, 1.54) is 0 Å². The number of carbonyl (C=O) groups is 2. The predicted molar refractivity (Wildman–Crippen MR) is 83.9 cm³/mol. The number of hydrogen-bond donors (Lipinski definition) is 2. The summed E-state index contributed by atoms with van der Waals surface area (Å²) in [4.78, 5) is 24.2. The lowest BCUT2D eigenvalue weighted by atomic mass is 10.0.